The van der Waals surface area contributed by atoms with Gasteiger partial charge in [0.15, 0.2) is 8.07 Å². The molecule has 3 heterocycles. The van der Waals surface area contributed by atoms with Gasteiger partial charge in [-0.3, -0.25) is 0 Å². The van der Waals surface area contributed by atoms with E-state index in [4.69, 9.17) is 0 Å². The Morgan fingerprint density at radius 3 is 0.887 bits per heavy atom. The summed E-state index contributed by atoms with van der Waals surface area (Å²) in [6.45, 7) is 35.2. The highest BCUT2D eigenvalue weighted by Crippen LogP contribution is 2.56. The molecule has 0 bridgehead atoms. The fourth-order valence-electron chi connectivity index (χ4n) is 18.4. The fourth-order valence-corrected chi connectivity index (χ4v) is 23.1. The van der Waals surface area contributed by atoms with Crippen molar-refractivity contribution in [3.05, 3.63) is 374 Å². The molecular formula is C110H102BN3Si. The number of anilines is 6. The molecule has 0 saturated carbocycles. The van der Waals surface area contributed by atoms with Crippen LogP contribution in [0.3, 0.4) is 0 Å². The molecule has 15 aromatic carbocycles. The van der Waals surface area contributed by atoms with E-state index in [9.17, 15) is 0 Å². The Hall–Kier alpha value is -12.0. The van der Waals surface area contributed by atoms with Gasteiger partial charge in [0.2, 0.25) is 0 Å². The van der Waals surface area contributed by atoms with E-state index in [1.165, 1.54) is 109 Å². The van der Waals surface area contributed by atoms with Gasteiger partial charge in [-0.1, -0.05) is 371 Å². The highest BCUT2D eigenvalue weighted by atomic mass is 28.3. The van der Waals surface area contributed by atoms with Crippen molar-refractivity contribution in [3.63, 3.8) is 0 Å². The van der Waals surface area contributed by atoms with Crippen molar-refractivity contribution in [2.75, 3.05) is 9.80 Å². The van der Waals surface area contributed by atoms with Crippen LogP contribution in [0.15, 0.2) is 346 Å². The quantitative estimate of drug-likeness (QED) is 0.0892. The molecule has 2 aliphatic heterocycles. The second kappa shape index (κ2) is 28.2. The van der Waals surface area contributed by atoms with Gasteiger partial charge in [0.05, 0.1) is 22.4 Å². The van der Waals surface area contributed by atoms with Crippen LogP contribution in [-0.4, -0.2) is 19.4 Å². The van der Waals surface area contributed by atoms with E-state index in [1.807, 2.05) is 0 Å². The lowest BCUT2D eigenvalue weighted by Crippen LogP contribution is -2.74. The van der Waals surface area contributed by atoms with Gasteiger partial charge in [-0.05, 0) is 204 Å². The topological polar surface area (TPSA) is 11.4 Å². The lowest BCUT2D eigenvalue weighted by molar-refractivity contribution is 0.590. The summed E-state index contributed by atoms with van der Waals surface area (Å²) in [5.41, 5.74) is 31.3. The summed E-state index contributed by atoms with van der Waals surface area (Å²) in [6.07, 6.45) is 0. The fraction of sp³-hybridized carbons (Fsp3) is 0.182. The van der Waals surface area contributed by atoms with Crippen LogP contribution in [0.5, 0.6) is 0 Å². The molecule has 0 fully saturated rings. The third-order valence-corrected chi connectivity index (χ3v) is 29.5. The van der Waals surface area contributed by atoms with Crippen LogP contribution in [0.1, 0.15) is 132 Å². The van der Waals surface area contributed by atoms with E-state index in [0.29, 0.717) is 0 Å². The van der Waals surface area contributed by atoms with Crippen LogP contribution in [0.4, 0.5) is 34.1 Å². The minimum atomic E-state index is -2.87. The Bertz CT molecular complexity index is 6080. The molecule has 0 atom stereocenters. The van der Waals surface area contributed by atoms with Crippen molar-refractivity contribution < 1.29 is 0 Å². The summed E-state index contributed by atoms with van der Waals surface area (Å²) >= 11 is 0. The molecule has 16 aromatic rings. The molecule has 1 aromatic heterocycles. The zero-order valence-corrected chi connectivity index (χ0v) is 70.3. The van der Waals surface area contributed by atoms with Gasteiger partial charge in [-0.25, -0.2) is 0 Å². The summed E-state index contributed by atoms with van der Waals surface area (Å²) in [5.74, 6) is 0. The van der Waals surface area contributed by atoms with E-state index in [1.54, 1.807) is 0 Å². The van der Waals surface area contributed by atoms with Crippen molar-refractivity contribution >= 4 is 108 Å². The number of hydrogen-bond donors (Lipinski definition) is 0. The van der Waals surface area contributed by atoms with Crippen LogP contribution in [0.25, 0.3) is 83.1 Å². The van der Waals surface area contributed by atoms with E-state index in [-0.39, 0.29) is 33.8 Å². The number of benzene rings is 15. The lowest BCUT2D eigenvalue weighted by atomic mass is 9.33. The molecular weight excluding hydrogens is 1400 g/mol. The van der Waals surface area contributed by atoms with Crippen LogP contribution < -0.4 is 46.9 Å². The summed E-state index contributed by atoms with van der Waals surface area (Å²) in [4.78, 5) is 5.50. The Balaban J connectivity index is 0.988. The third-order valence-electron chi connectivity index (χ3n) is 24.7. The van der Waals surface area contributed by atoms with E-state index < -0.39 is 8.07 Å². The van der Waals surface area contributed by atoms with Gasteiger partial charge in [0.1, 0.15) is 0 Å². The second-order valence-corrected chi connectivity index (χ2v) is 41.1. The molecule has 0 aliphatic carbocycles. The molecule has 115 heavy (non-hydrogen) atoms. The minimum absolute atomic E-state index is 0.0639. The smallest absolute Gasteiger partial charge is 0.252 e. The van der Waals surface area contributed by atoms with Gasteiger partial charge in [0, 0.05) is 61.5 Å². The average molecular weight is 1500 g/mol. The maximum Gasteiger partial charge on any atom is 0.252 e. The Morgan fingerprint density at radius 2 is 0.539 bits per heavy atom. The van der Waals surface area contributed by atoms with Crippen LogP contribution in [0.2, 0.25) is 0 Å². The zero-order valence-electron chi connectivity index (χ0n) is 69.3. The largest absolute Gasteiger partial charge is 0.310 e. The first-order valence-electron chi connectivity index (χ1n) is 41.2. The van der Waals surface area contributed by atoms with Gasteiger partial charge >= 0.3 is 0 Å². The highest BCUT2D eigenvalue weighted by molar-refractivity contribution is 7.20. The standard InChI is InChI=1S/C110H102BN3Si/c1-106(2,3)79-54-61-97-93(64-79)94-65-80(107(4,5)6)55-62-98(94)112(97)84-56-60-96-100(72-84)114(105-91(76-41-27-18-28-42-76)68-82(109(10,11)12)69-92(105)77-43-29-19-30-44-77)102-71-83(110(13,14)15)70-101-103(102)111(96)95-59-53-78(73-51-57-88(58-52-73)115(85-45-31-20-32-46-85,86-47-33-21-34-48-86)87-49-35-22-36-50-87)63-99(95)113(101)104-89(74-37-23-16-24-38-74)66-81(108(7,8)9)67-90(104)75-39-25-17-26-40-75/h16-72H,1-15H3. The summed E-state index contributed by atoms with van der Waals surface area (Å²) in [5, 5.41) is 7.92. The molecule has 0 saturated heterocycles. The molecule has 0 amide bonds. The predicted octanol–water partition coefficient (Wildman–Crippen LogP) is 25.1. The Labute approximate surface area is 683 Å². The summed E-state index contributed by atoms with van der Waals surface area (Å²) < 4.78 is 2.57. The maximum absolute atomic E-state index is 2.87. The van der Waals surface area contributed by atoms with E-state index in [0.717, 1.165) is 73.2 Å². The first kappa shape index (κ1) is 74.4. The minimum Gasteiger partial charge on any atom is -0.310 e. The molecule has 5 heteroatoms. The summed E-state index contributed by atoms with van der Waals surface area (Å²) in [7, 11) is -2.87. The molecule has 0 unspecified atom stereocenters. The number of nitrogens with zero attached hydrogens (tertiary/aromatic N) is 3. The lowest BCUT2D eigenvalue weighted by Gasteiger charge is -2.47. The monoisotopic (exact) mass is 1500 g/mol. The van der Waals surface area contributed by atoms with Crippen molar-refractivity contribution in [2.24, 2.45) is 0 Å². The molecule has 0 N–H and O–H groups in total. The molecule has 564 valence electrons. The average Bonchev–Trinajstić information content (AvgIpc) is 1.00. The van der Waals surface area contributed by atoms with E-state index >= 15 is 0 Å². The molecule has 18 rings (SSSR count). The van der Waals surface area contributed by atoms with Crippen molar-refractivity contribution in [1.82, 2.24) is 4.57 Å². The Kier molecular flexibility index (Phi) is 18.3. The summed E-state index contributed by atoms with van der Waals surface area (Å²) in [6, 6.07) is 134. The Morgan fingerprint density at radius 1 is 0.235 bits per heavy atom. The third kappa shape index (κ3) is 13.0. The van der Waals surface area contributed by atoms with Crippen molar-refractivity contribution in [3.8, 4) is 61.3 Å². The van der Waals surface area contributed by atoms with Gasteiger partial charge < -0.3 is 14.4 Å². The SMILES string of the molecule is CC(C)(C)c1cc(-c2ccccc2)c(N2c3cc(-c4ccc([Si](c5ccccc5)(c5ccccc5)c5ccccc5)cc4)ccc3B3c4ccc(-n5c6ccc(C(C)(C)C)cc6c6cc(C(C)(C)C)ccc65)cc4N(c4c(-c5ccccc5)cc(C(C)(C)C)cc4-c4ccccc4)c4cc(C(C)(C)C)cc2c43)c(-c2ccccc2)c1. The first-order valence-corrected chi connectivity index (χ1v) is 43.2. The maximum atomic E-state index is 2.76. The molecule has 2 aliphatic rings. The number of rotatable bonds is 12. The van der Waals surface area contributed by atoms with Gasteiger partial charge in [0.25, 0.3) is 6.71 Å². The first-order chi connectivity index (χ1) is 55.2. The molecule has 3 nitrogen and oxygen atoms in total. The molecule has 0 radical (unpaired) electrons. The predicted molar refractivity (Wildman–Crippen MR) is 499 cm³/mol. The number of fused-ring (bicyclic) bond motifs is 7. The number of hydrogen-bond acceptors (Lipinski definition) is 2. The highest BCUT2D eigenvalue weighted by Gasteiger charge is 2.48. The van der Waals surface area contributed by atoms with Gasteiger partial charge in [-0.2, -0.15) is 0 Å². The van der Waals surface area contributed by atoms with Crippen LogP contribution in [0, 0.1) is 0 Å². The van der Waals surface area contributed by atoms with Crippen molar-refractivity contribution in [1.29, 1.82) is 0 Å². The van der Waals surface area contributed by atoms with Crippen molar-refractivity contribution in [2.45, 2.75) is 131 Å². The normalized spacial score (nSPS) is 13.1. The zero-order chi connectivity index (χ0) is 79.7. The number of aromatic nitrogens is 1. The van der Waals surface area contributed by atoms with Crippen LogP contribution >= 0.6 is 0 Å². The van der Waals surface area contributed by atoms with Crippen LogP contribution in [-0.2, 0) is 27.1 Å². The van der Waals surface area contributed by atoms with E-state index in [2.05, 4.69) is 464 Å². The molecule has 0 spiro atoms. The second-order valence-electron chi connectivity index (χ2n) is 37.3. The van der Waals surface area contributed by atoms with Gasteiger partial charge in [-0.15, -0.1) is 0 Å².